The average Bonchev–Trinajstić information content (AvgIpc) is 2.41. The van der Waals surface area contributed by atoms with Crippen LogP contribution in [0.2, 0.25) is 0 Å². The van der Waals surface area contributed by atoms with Crippen molar-refractivity contribution < 1.29 is 14.2 Å². The van der Waals surface area contributed by atoms with Crippen molar-refractivity contribution in [3.63, 3.8) is 0 Å². The molecule has 0 saturated carbocycles. The number of aryl methyl sites for hydroxylation is 2. The number of nitrogens with zero attached hydrogens (tertiary/aromatic N) is 1. The Balaban J connectivity index is 2.40. The largest absolute Gasteiger partial charge is 0.457 e. The van der Waals surface area contributed by atoms with Crippen molar-refractivity contribution >= 4 is 0 Å². The molecule has 0 spiro atoms. The maximum absolute atomic E-state index is 13.4. The van der Waals surface area contributed by atoms with Crippen molar-refractivity contribution in [2.24, 2.45) is 0 Å². The number of hydrogen-bond acceptors (Lipinski definition) is 3. The van der Waals surface area contributed by atoms with Gasteiger partial charge in [0, 0.05) is 6.07 Å². The Morgan fingerprint density at radius 3 is 2.35 bits per heavy atom. The van der Waals surface area contributed by atoms with Gasteiger partial charge in [0.2, 0.25) is 0 Å². The van der Waals surface area contributed by atoms with Crippen molar-refractivity contribution in [1.29, 1.82) is 5.26 Å². The van der Waals surface area contributed by atoms with Crippen molar-refractivity contribution in [3.05, 3.63) is 58.4 Å². The lowest BCUT2D eigenvalue weighted by molar-refractivity contribution is 0.280. The topological polar surface area (TPSA) is 53.2 Å². The van der Waals surface area contributed by atoms with Crippen molar-refractivity contribution in [3.8, 4) is 17.6 Å². The molecule has 2 rings (SSSR count). The van der Waals surface area contributed by atoms with Crippen LogP contribution in [0.15, 0.2) is 30.3 Å². The zero-order chi connectivity index (χ0) is 14.7. The third kappa shape index (κ3) is 2.95. The van der Waals surface area contributed by atoms with Gasteiger partial charge in [-0.25, -0.2) is 4.39 Å². The highest BCUT2D eigenvalue weighted by Crippen LogP contribution is 2.30. The molecular weight excluding hydrogens is 257 g/mol. The Morgan fingerprint density at radius 1 is 1.15 bits per heavy atom. The minimum absolute atomic E-state index is 0.251. The molecule has 3 nitrogen and oxygen atoms in total. The SMILES string of the molecule is Cc1cc(C#N)cc(C)c1Oc1cc(F)cc(CO)c1. The van der Waals surface area contributed by atoms with E-state index in [2.05, 4.69) is 6.07 Å². The highest BCUT2D eigenvalue weighted by Gasteiger charge is 2.09. The van der Waals surface area contributed by atoms with Crippen LogP contribution in [0.5, 0.6) is 11.5 Å². The molecular formula is C16H14FNO2. The van der Waals surface area contributed by atoms with Gasteiger partial charge in [-0.15, -0.1) is 0 Å². The highest BCUT2D eigenvalue weighted by atomic mass is 19.1. The summed E-state index contributed by atoms with van der Waals surface area (Å²) in [4.78, 5) is 0. The van der Waals surface area contributed by atoms with Crippen LogP contribution in [-0.4, -0.2) is 5.11 Å². The Labute approximate surface area is 116 Å². The first-order valence-electron chi connectivity index (χ1n) is 6.13. The van der Waals surface area contributed by atoms with Gasteiger partial charge in [-0.05, 0) is 54.8 Å². The van der Waals surface area contributed by atoms with Gasteiger partial charge >= 0.3 is 0 Å². The maximum atomic E-state index is 13.4. The van der Waals surface area contributed by atoms with Crippen LogP contribution in [-0.2, 0) is 6.61 Å². The van der Waals surface area contributed by atoms with E-state index in [0.29, 0.717) is 22.6 Å². The quantitative estimate of drug-likeness (QED) is 0.928. The summed E-state index contributed by atoms with van der Waals surface area (Å²) in [5, 5.41) is 18.0. The van der Waals surface area contributed by atoms with E-state index < -0.39 is 5.82 Å². The molecule has 0 aliphatic rings. The number of benzene rings is 2. The summed E-state index contributed by atoms with van der Waals surface area (Å²) in [7, 11) is 0. The molecule has 0 bridgehead atoms. The monoisotopic (exact) mass is 271 g/mol. The number of hydrogen-bond donors (Lipinski definition) is 1. The zero-order valence-electron chi connectivity index (χ0n) is 11.3. The van der Waals surface area contributed by atoms with Gasteiger partial charge < -0.3 is 9.84 Å². The molecule has 2 aromatic carbocycles. The van der Waals surface area contributed by atoms with Gasteiger partial charge in [-0.2, -0.15) is 5.26 Å². The second-order valence-electron chi connectivity index (χ2n) is 4.61. The molecule has 0 radical (unpaired) electrons. The first kappa shape index (κ1) is 14.0. The standard InChI is InChI=1S/C16H14FNO2/c1-10-3-12(8-18)4-11(2)16(10)20-15-6-13(9-19)5-14(17)7-15/h3-7,19H,9H2,1-2H3. The van der Waals surface area contributed by atoms with Gasteiger partial charge in [0.1, 0.15) is 17.3 Å². The number of ether oxygens (including phenoxy) is 1. The van der Waals surface area contributed by atoms with Crippen LogP contribution < -0.4 is 4.74 Å². The molecule has 0 aromatic heterocycles. The number of aliphatic hydroxyl groups is 1. The molecule has 0 saturated heterocycles. The fraction of sp³-hybridized carbons (Fsp3) is 0.188. The summed E-state index contributed by atoms with van der Waals surface area (Å²) >= 11 is 0. The third-order valence-corrected chi connectivity index (χ3v) is 2.92. The van der Waals surface area contributed by atoms with Crippen molar-refractivity contribution in [1.82, 2.24) is 0 Å². The molecule has 0 amide bonds. The van der Waals surface area contributed by atoms with E-state index in [0.717, 1.165) is 11.1 Å². The van der Waals surface area contributed by atoms with Gasteiger partial charge in [0.25, 0.3) is 0 Å². The van der Waals surface area contributed by atoms with E-state index in [4.69, 9.17) is 15.1 Å². The van der Waals surface area contributed by atoms with Gasteiger partial charge in [-0.3, -0.25) is 0 Å². The molecule has 20 heavy (non-hydrogen) atoms. The van der Waals surface area contributed by atoms with E-state index in [1.165, 1.54) is 12.1 Å². The van der Waals surface area contributed by atoms with E-state index in [9.17, 15) is 4.39 Å². The predicted molar refractivity (Wildman–Crippen MR) is 73.0 cm³/mol. The van der Waals surface area contributed by atoms with Crippen LogP contribution in [0.4, 0.5) is 4.39 Å². The third-order valence-electron chi connectivity index (χ3n) is 2.92. The van der Waals surface area contributed by atoms with E-state index >= 15 is 0 Å². The molecule has 2 aromatic rings. The molecule has 0 aliphatic heterocycles. The molecule has 0 unspecified atom stereocenters. The lowest BCUT2D eigenvalue weighted by atomic mass is 10.1. The average molecular weight is 271 g/mol. The van der Waals surface area contributed by atoms with Crippen LogP contribution in [0, 0.1) is 31.0 Å². The predicted octanol–water partition coefficient (Wildman–Crippen LogP) is 3.60. The normalized spacial score (nSPS) is 10.2. The maximum Gasteiger partial charge on any atom is 0.133 e. The van der Waals surface area contributed by atoms with Crippen LogP contribution in [0.3, 0.4) is 0 Å². The summed E-state index contributed by atoms with van der Waals surface area (Å²) < 4.78 is 19.1. The zero-order valence-corrected chi connectivity index (χ0v) is 11.3. The van der Waals surface area contributed by atoms with Crippen LogP contribution >= 0.6 is 0 Å². The summed E-state index contributed by atoms with van der Waals surface area (Å²) in [6, 6.07) is 9.61. The van der Waals surface area contributed by atoms with Crippen molar-refractivity contribution in [2.45, 2.75) is 20.5 Å². The Morgan fingerprint density at radius 2 is 1.80 bits per heavy atom. The smallest absolute Gasteiger partial charge is 0.133 e. The van der Waals surface area contributed by atoms with Gasteiger partial charge in [0.15, 0.2) is 0 Å². The number of halogens is 1. The summed E-state index contributed by atoms with van der Waals surface area (Å²) in [5.41, 5.74) is 2.61. The Bertz CT molecular complexity index is 666. The van der Waals surface area contributed by atoms with E-state index in [1.807, 2.05) is 13.8 Å². The molecule has 4 heteroatoms. The minimum Gasteiger partial charge on any atom is -0.457 e. The van der Waals surface area contributed by atoms with Crippen LogP contribution in [0.25, 0.3) is 0 Å². The molecule has 1 N–H and O–H groups in total. The first-order valence-corrected chi connectivity index (χ1v) is 6.13. The van der Waals surface area contributed by atoms with Gasteiger partial charge in [-0.1, -0.05) is 0 Å². The lowest BCUT2D eigenvalue weighted by Crippen LogP contribution is -1.95. The second-order valence-corrected chi connectivity index (χ2v) is 4.61. The summed E-state index contributed by atoms with van der Waals surface area (Å²) in [6.07, 6.45) is 0. The fourth-order valence-corrected chi connectivity index (χ4v) is 2.06. The number of aliphatic hydroxyl groups excluding tert-OH is 1. The Kier molecular flexibility index (Phi) is 4.02. The molecule has 0 atom stereocenters. The van der Waals surface area contributed by atoms with Gasteiger partial charge in [0.05, 0.1) is 18.2 Å². The number of nitriles is 1. The first-order chi connectivity index (χ1) is 9.53. The second kappa shape index (κ2) is 5.72. The fourth-order valence-electron chi connectivity index (χ4n) is 2.06. The highest BCUT2D eigenvalue weighted by molar-refractivity contribution is 5.49. The molecule has 0 fully saturated rings. The lowest BCUT2D eigenvalue weighted by Gasteiger charge is -2.13. The molecule has 102 valence electrons. The summed E-state index contributed by atoms with van der Waals surface area (Å²) in [5.74, 6) is 0.457. The van der Waals surface area contributed by atoms with Crippen molar-refractivity contribution in [2.75, 3.05) is 0 Å². The number of rotatable bonds is 3. The van der Waals surface area contributed by atoms with E-state index in [1.54, 1.807) is 18.2 Å². The van der Waals surface area contributed by atoms with Crippen LogP contribution in [0.1, 0.15) is 22.3 Å². The minimum atomic E-state index is -0.462. The molecule has 0 heterocycles. The van der Waals surface area contributed by atoms with E-state index in [-0.39, 0.29) is 6.61 Å². The molecule has 0 aliphatic carbocycles. The summed E-state index contributed by atoms with van der Waals surface area (Å²) in [6.45, 7) is 3.41. The Hall–Kier alpha value is -2.38.